The van der Waals surface area contributed by atoms with Crippen LogP contribution in [0.5, 0.6) is 0 Å². The highest BCUT2D eigenvalue weighted by molar-refractivity contribution is 7.99. The van der Waals surface area contributed by atoms with Crippen molar-refractivity contribution in [3.63, 3.8) is 0 Å². The predicted octanol–water partition coefficient (Wildman–Crippen LogP) is 1.97. The fourth-order valence-electron chi connectivity index (χ4n) is 0.258. The monoisotopic (exact) mass is 122 g/mol. The Hall–Kier alpha value is 0.700. The Labute approximate surface area is 50.1 Å². The van der Waals surface area contributed by atoms with E-state index in [-0.39, 0.29) is 4.58 Å². The lowest BCUT2D eigenvalue weighted by molar-refractivity contribution is 0.876. The highest BCUT2D eigenvalue weighted by Gasteiger charge is 1.87. The molecule has 0 atom stereocenters. The minimum absolute atomic E-state index is 0.287. The van der Waals surface area contributed by atoms with Gasteiger partial charge in [0.15, 0.2) is 0 Å². The average molecular weight is 122 g/mol. The van der Waals surface area contributed by atoms with Gasteiger partial charge in [-0.05, 0) is 6.42 Å². The van der Waals surface area contributed by atoms with Gasteiger partial charge >= 0.3 is 0 Å². The first kappa shape index (κ1) is 6.70. The van der Waals surface area contributed by atoms with Gasteiger partial charge in [0.25, 0.3) is 0 Å². The first-order valence-corrected chi connectivity index (χ1v) is 3.16. The molecule has 0 aromatic heterocycles. The molecule has 0 aliphatic rings. The van der Waals surface area contributed by atoms with E-state index in [2.05, 4.69) is 32.2 Å². The second-order valence-electron chi connectivity index (χ2n) is 1.27. The topological polar surface area (TPSA) is 0 Å². The van der Waals surface area contributed by atoms with E-state index in [0.717, 1.165) is 6.42 Å². The lowest BCUT2D eigenvalue weighted by atomic mass is 10.4. The fraction of sp³-hybridized carbons (Fsp3) is 1.00. The van der Waals surface area contributed by atoms with Crippen molar-refractivity contribution in [2.24, 2.45) is 0 Å². The van der Waals surface area contributed by atoms with Crippen LogP contribution >= 0.6 is 25.3 Å². The summed E-state index contributed by atoms with van der Waals surface area (Å²) in [5.41, 5.74) is 0. The molecule has 0 nitrogen and oxygen atoms in total. The van der Waals surface area contributed by atoms with Crippen LogP contribution in [-0.4, -0.2) is 4.58 Å². The number of thiol groups is 2. The van der Waals surface area contributed by atoms with Crippen molar-refractivity contribution in [3.05, 3.63) is 0 Å². The Bertz CT molecular complexity index is 26.7. The minimum atomic E-state index is 0.287. The van der Waals surface area contributed by atoms with E-state index >= 15 is 0 Å². The number of rotatable bonds is 2. The summed E-state index contributed by atoms with van der Waals surface area (Å²) in [5, 5.41) is 0. The van der Waals surface area contributed by atoms with Gasteiger partial charge in [-0.25, -0.2) is 0 Å². The number of hydrogen-bond donors (Lipinski definition) is 2. The lowest BCUT2D eigenvalue weighted by Crippen LogP contribution is -1.81. The molecule has 0 unspecified atom stereocenters. The molecule has 0 amide bonds. The molecule has 0 fully saturated rings. The zero-order valence-corrected chi connectivity index (χ0v) is 5.67. The van der Waals surface area contributed by atoms with Gasteiger partial charge in [-0.2, -0.15) is 25.3 Å². The summed E-state index contributed by atoms with van der Waals surface area (Å²) in [6, 6.07) is 0. The van der Waals surface area contributed by atoms with Crippen LogP contribution in [0.3, 0.4) is 0 Å². The molecule has 38 valence electrons. The minimum Gasteiger partial charge on any atom is -0.165 e. The second kappa shape index (κ2) is 3.88. The van der Waals surface area contributed by atoms with E-state index < -0.39 is 0 Å². The summed E-state index contributed by atoms with van der Waals surface area (Å²) in [7, 11) is 0. The molecule has 0 aliphatic carbocycles. The predicted molar refractivity (Wildman–Crippen MR) is 36.7 cm³/mol. The Balaban J connectivity index is 2.63. The third-order valence-corrected chi connectivity index (χ3v) is 1.06. The summed E-state index contributed by atoms with van der Waals surface area (Å²) in [6.07, 6.45) is 2.28. The zero-order valence-electron chi connectivity index (χ0n) is 3.89. The van der Waals surface area contributed by atoms with Gasteiger partial charge in [0.2, 0.25) is 0 Å². The van der Waals surface area contributed by atoms with E-state index in [1.807, 2.05) is 0 Å². The maximum Gasteiger partial charge on any atom is 0.0442 e. The van der Waals surface area contributed by atoms with Gasteiger partial charge < -0.3 is 0 Å². The molecule has 0 heterocycles. The Kier molecular flexibility index (Phi) is 4.33. The van der Waals surface area contributed by atoms with Crippen molar-refractivity contribution in [1.29, 1.82) is 0 Å². The standard InChI is InChI=1S/C4H10S2/c1-2-3-4(5)6/h4-6H,2-3H2,1H3. The molecule has 0 saturated carbocycles. The average Bonchev–Trinajstić information content (AvgIpc) is 1.35. The maximum atomic E-state index is 4.04. The largest absolute Gasteiger partial charge is 0.165 e. The summed E-state index contributed by atoms with van der Waals surface area (Å²) in [4.78, 5) is 0. The van der Waals surface area contributed by atoms with Crippen molar-refractivity contribution in [2.45, 2.75) is 24.3 Å². The van der Waals surface area contributed by atoms with Crippen molar-refractivity contribution in [1.82, 2.24) is 0 Å². The van der Waals surface area contributed by atoms with Gasteiger partial charge in [-0.1, -0.05) is 13.3 Å². The molecule has 0 aliphatic heterocycles. The third kappa shape index (κ3) is 4.70. The van der Waals surface area contributed by atoms with Crippen LogP contribution in [0.25, 0.3) is 0 Å². The molecular formula is C4H10S2. The van der Waals surface area contributed by atoms with Crippen LogP contribution in [0, 0.1) is 0 Å². The van der Waals surface area contributed by atoms with E-state index in [9.17, 15) is 0 Å². The smallest absolute Gasteiger partial charge is 0.0442 e. The van der Waals surface area contributed by atoms with Crippen LogP contribution in [-0.2, 0) is 0 Å². The normalized spacial score (nSPS) is 10.0. The van der Waals surface area contributed by atoms with Crippen LogP contribution < -0.4 is 0 Å². The molecule has 6 heavy (non-hydrogen) atoms. The van der Waals surface area contributed by atoms with Gasteiger partial charge in [-0.15, -0.1) is 0 Å². The molecule has 0 spiro atoms. The van der Waals surface area contributed by atoms with Gasteiger partial charge in [0, 0.05) is 4.58 Å². The van der Waals surface area contributed by atoms with Crippen LogP contribution in [0.1, 0.15) is 19.8 Å². The summed E-state index contributed by atoms with van der Waals surface area (Å²) in [5.74, 6) is 0. The van der Waals surface area contributed by atoms with Crippen LogP contribution in [0.2, 0.25) is 0 Å². The van der Waals surface area contributed by atoms with E-state index in [4.69, 9.17) is 0 Å². The Morgan fingerprint density at radius 1 is 1.50 bits per heavy atom. The first-order valence-electron chi connectivity index (χ1n) is 2.13. The van der Waals surface area contributed by atoms with Crippen LogP contribution in [0.15, 0.2) is 0 Å². The Morgan fingerprint density at radius 3 is 2.00 bits per heavy atom. The highest BCUT2D eigenvalue weighted by atomic mass is 32.2. The maximum absolute atomic E-state index is 4.04. The molecule has 0 aromatic carbocycles. The van der Waals surface area contributed by atoms with Crippen molar-refractivity contribution < 1.29 is 0 Å². The van der Waals surface area contributed by atoms with Crippen LogP contribution in [0.4, 0.5) is 0 Å². The summed E-state index contributed by atoms with van der Waals surface area (Å²) in [6.45, 7) is 2.12. The van der Waals surface area contributed by atoms with Gasteiger partial charge in [0.1, 0.15) is 0 Å². The number of hydrogen-bond acceptors (Lipinski definition) is 2. The molecule has 0 aromatic rings. The van der Waals surface area contributed by atoms with Gasteiger partial charge in [-0.3, -0.25) is 0 Å². The second-order valence-corrected chi connectivity index (χ2v) is 2.92. The summed E-state index contributed by atoms with van der Waals surface area (Å²) >= 11 is 8.08. The van der Waals surface area contributed by atoms with E-state index in [0.29, 0.717) is 0 Å². The highest BCUT2D eigenvalue weighted by Crippen LogP contribution is 2.06. The lowest BCUT2D eigenvalue weighted by Gasteiger charge is -1.94. The molecule has 2 heteroatoms. The molecule has 0 radical (unpaired) electrons. The van der Waals surface area contributed by atoms with Crippen molar-refractivity contribution in [2.75, 3.05) is 0 Å². The molecule has 0 bridgehead atoms. The first-order chi connectivity index (χ1) is 2.77. The van der Waals surface area contributed by atoms with Gasteiger partial charge in [0.05, 0.1) is 0 Å². The molecule has 0 N–H and O–H groups in total. The van der Waals surface area contributed by atoms with E-state index in [1.54, 1.807) is 0 Å². The molecule has 0 saturated heterocycles. The quantitative estimate of drug-likeness (QED) is 0.406. The third-order valence-electron chi connectivity index (χ3n) is 0.547. The van der Waals surface area contributed by atoms with Crippen molar-refractivity contribution >= 4 is 25.3 Å². The van der Waals surface area contributed by atoms with Crippen molar-refractivity contribution in [3.8, 4) is 0 Å². The molecule has 0 rings (SSSR count). The summed E-state index contributed by atoms with van der Waals surface area (Å²) < 4.78 is 0.287. The molecular weight excluding hydrogens is 112 g/mol. The fourth-order valence-corrected chi connectivity index (χ4v) is 0.775. The Morgan fingerprint density at radius 2 is 2.00 bits per heavy atom. The zero-order chi connectivity index (χ0) is 4.99. The van der Waals surface area contributed by atoms with E-state index in [1.165, 1.54) is 6.42 Å². The SMILES string of the molecule is CCCC(S)S.